The Morgan fingerprint density at radius 2 is 2.15 bits per heavy atom. The number of amides is 1. The number of hydrogen-bond donors (Lipinski definition) is 1. The molecule has 1 aliphatic carbocycles. The number of rotatable bonds is 6. The van der Waals surface area contributed by atoms with Crippen LogP contribution in [0.2, 0.25) is 0 Å². The van der Waals surface area contributed by atoms with E-state index < -0.39 is 0 Å². The van der Waals surface area contributed by atoms with Crippen molar-refractivity contribution in [2.24, 2.45) is 5.73 Å². The lowest BCUT2D eigenvalue weighted by Gasteiger charge is -2.27. The molecular weight excluding hydrogens is 320 g/mol. The molecule has 1 amide bonds. The maximum Gasteiger partial charge on any atom is 0.231 e. The predicted octanol–water partition coefficient (Wildman–Crippen LogP) is 2.20. The first-order valence-electron chi connectivity index (χ1n) is 7.27. The second-order valence-electron chi connectivity index (χ2n) is 5.47. The third kappa shape index (κ3) is 3.41. The van der Waals surface area contributed by atoms with E-state index in [0.717, 1.165) is 41.8 Å². The average Bonchev–Trinajstić information content (AvgIpc) is 3.01. The maximum absolute atomic E-state index is 11.3. The summed E-state index contributed by atoms with van der Waals surface area (Å²) in [7, 11) is 0. The molecule has 0 aliphatic heterocycles. The molecule has 6 heteroatoms. The zero-order valence-electron chi connectivity index (χ0n) is 12.2. The van der Waals surface area contributed by atoms with E-state index in [1.165, 1.54) is 12.8 Å². The van der Waals surface area contributed by atoms with E-state index in [-0.39, 0.29) is 5.91 Å². The molecule has 0 spiro atoms. The van der Waals surface area contributed by atoms with Crippen molar-refractivity contribution in [2.45, 2.75) is 58.7 Å². The quantitative estimate of drug-likeness (QED) is 0.861. The van der Waals surface area contributed by atoms with E-state index in [1.54, 1.807) is 0 Å². The zero-order valence-corrected chi connectivity index (χ0v) is 13.8. The number of halogens is 1. The van der Waals surface area contributed by atoms with Crippen LogP contribution in [0.4, 0.5) is 0 Å². The van der Waals surface area contributed by atoms with Gasteiger partial charge in [0.15, 0.2) is 0 Å². The highest BCUT2D eigenvalue weighted by Crippen LogP contribution is 2.28. The van der Waals surface area contributed by atoms with Crippen molar-refractivity contribution in [3.05, 3.63) is 15.9 Å². The Hall–Kier alpha value is -0.880. The van der Waals surface area contributed by atoms with Crippen molar-refractivity contribution < 1.29 is 4.79 Å². The van der Waals surface area contributed by atoms with E-state index in [1.807, 2.05) is 11.6 Å². The fraction of sp³-hybridized carbons (Fsp3) is 0.714. The van der Waals surface area contributed by atoms with Gasteiger partial charge in [0.1, 0.15) is 0 Å². The van der Waals surface area contributed by atoms with Gasteiger partial charge < -0.3 is 5.73 Å². The Balaban J connectivity index is 2.20. The van der Waals surface area contributed by atoms with Gasteiger partial charge in [-0.15, -0.1) is 0 Å². The summed E-state index contributed by atoms with van der Waals surface area (Å²) in [5.74, 6) is -0.257. The van der Waals surface area contributed by atoms with Gasteiger partial charge in [-0.25, -0.2) is 0 Å². The molecule has 5 nitrogen and oxygen atoms in total. The summed E-state index contributed by atoms with van der Waals surface area (Å²) in [6.45, 7) is 5.95. The highest BCUT2D eigenvalue weighted by atomic mass is 79.9. The van der Waals surface area contributed by atoms with Crippen molar-refractivity contribution >= 4 is 21.8 Å². The van der Waals surface area contributed by atoms with Gasteiger partial charge in [0, 0.05) is 19.1 Å². The maximum atomic E-state index is 11.3. The summed E-state index contributed by atoms with van der Waals surface area (Å²) in [4.78, 5) is 13.6. The average molecular weight is 343 g/mol. The molecule has 0 atom stereocenters. The lowest BCUT2D eigenvalue weighted by Crippen LogP contribution is -2.40. The number of aryl methyl sites for hydroxylation is 2. The fourth-order valence-electron chi connectivity index (χ4n) is 3.00. The summed E-state index contributed by atoms with van der Waals surface area (Å²) in [6.07, 6.45) is 4.80. The van der Waals surface area contributed by atoms with Crippen LogP contribution in [0.3, 0.4) is 0 Å². The molecule has 20 heavy (non-hydrogen) atoms. The first-order valence-corrected chi connectivity index (χ1v) is 8.06. The van der Waals surface area contributed by atoms with Crippen LogP contribution in [-0.2, 0) is 17.9 Å². The molecule has 1 heterocycles. The second kappa shape index (κ2) is 6.72. The van der Waals surface area contributed by atoms with Gasteiger partial charge in [-0.3, -0.25) is 14.4 Å². The van der Waals surface area contributed by atoms with Crippen LogP contribution in [0.25, 0.3) is 0 Å². The standard InChI is InChI=1S/C14H23BrN4O/c1-3-19-12(14(15)10(2)17-19)8-18(9-13(16)20)11-6-4-5-7-11/h11H,3-9H2,1-2H3,(H2,16,20). The summed E-state index contributed by atoms with van der Waals surface area (Å²) < 4.78 is 3.05. The molecule has 0 aromatic carbocycles. The monoisotopic (exact) mass is 342 g/mol. The van der Waals surface area contributed by atoms with Crippen LogP contribution < -0.4 is 5.73 Å². The molecular formula is C14H23BrN4O. The van der Waals surface area contributed by atoms with Gasteiger partial charge in [-0.05, 0) is 42.6 Å². The molecule has 0 bridgehead atoms. The minimum atomic E-state index is -0.257. The van der Waals surface area contributed by atoms with Crippen LogP contribution in [0.15, 0.2) is 4.47 Å². The highest BCUT2D eigenvalue weighted by molar-refractivity contribution is 9.10. The fourth-order valence-corrected chi connectivity index (χ4v) is 3.41. The van der Waals surface area contributed by atoms with E-state index in [0.29, 0.717) is 12.6 Å². The molecule has 1 fully saturated rings. The van der Waals surface area contributed by atoms with Crippen molar-refractivity contribution in [1.29, 1.82) is 0 Å². The summed E-state index contributed by atoms with van der Waals surface area (Å²) in [5.41, 5.74) is 7.54. The number of carbonyl (C=O) groups excluding carboxylic acids is 1. The normalized spacial score (nSPS) is 16.2. The second-order valence-corrected chi connectivity index (χ2v) is 6.26. The summed E-state index contributed by atoms with van der Waals surface area (Å²) >= 11 is 3.62. The molecule has 1 aromatic rings. The first-order chi connectivity index (χ1) is 9.52. The van der Waals surface area contributed by atoms with Crippen LogP contribution in [-0.4, -0.2) is 33.2 Å². The van der Waals surface area contributed by atoms with Crippen molar-refractivity contribution in [2.75, 3.05) is 6.54 Å². The number of aromatic nitrogens is 2. The number of nitrogens with two attached hydrogens (primary N) is 1. The summed E-state index contributed by atoms with van der Waals surface area (Å²) in [5, 5.41) is 4.51. The lowest BCUT2D eigenvalue weighted by atomic mass is 10.2. The molecule has 0 saturated heterocycles. The number of carbonyl (C=O) groups is 1. The Morgan fingerprint density at radius 1 is 1.50 bits per heavy atom. The minimum Gasteiger partial charge on any atom is -0.369 e. The van der Waals surface area contributed by atoms with E-state index in [4.69, 9.17) is 5.73 Å². The SMILES string of the molecule is CCn1nc(C)c(Br)c1CN(CC(N)=O)C1CCCC1. The van der Waals surface area contributed by atoms with Gasteiger partial charge in [0.25, 0.3) is 0 Å². The number of hydrogen-bond acceptors (Lipinski definition) is 3. The Morgan fingerprint density at radius 3 is 2.70 bits per heavy atom. The third-order valence-corrected chi connectivity index (χ3v) is 5.04. The van der Waals surface area contributed by atoms with Crippen LogP contribution in [0, 0.1) is 6.92 Å². The first kappa shape index (κ1) is 15.5. The van der Waals surface area contributed by atoms with Gasteiger partial charge in [0.05, 0.1) is 22.4 Å². The Bertz CT molecular complexity index is 480. The molecule has 2 rings (SSSR count). The van der Waals surface area contributed by atoms with Crippen molar-refractivity contribution in [3.63, 3.8) is 0 Å². The van der Waals surface area contributed by atoms with Gasteiger partial charge >= 0.3 is 0 Å². The van der Waals surface area contributed by atoms with Crippen molar-refractivity contribution in [3.8, 4) is 0 Å². The zero-order chi connectivity index (χ0) is 14.7. The van der Waals surface area contributed by atoms with Gasteiger partial charge in [0.2, 0.25) is 5.91 Å². The van der Waals surface area contributed by atoms with Crippen molar-refractivity contribution in [1.82, 2.24) is 14.7 Å². The number of nitrogens with zero attached hydrogens (tertiary/aromatic N) is 3. The summed E-state index contributed by atoms with van der Waals surface area (Å²) in [6, 6.07) is 0.468. The van der Waals surface area contributed by atoms with E-state index in [2.05, 4.69) is 32.9 Å². The Kier molecular flexibility index (Phi) is 5.21. The van der Waals surface area contributed by atoms with Crippen LogP contribution in [0.5, 0.6) is 0 Å². The Labute approximate surface area is 128 Å². The molecule has 1 aliphatic rings. The van der Waals surface area contributed by atoms with E-state index in [9.17, 15) is 4.79 Å². The topological polar surface area (TPSA) is 64.2 Å². The van der Waals surface area contributed by atoms with Crippen LogP contribution >= 0.6 is 15.9 Å². The van der Waals surface area contributed by atoms with E-state index >= 15 is 0 Å². The van der Waals surface area contributed by atoms with Crippen LogP contribution in [0.1, 0.15) is 44.0 Å². The molecule has 0 radical (unpaired) electrons. The highest BCUT2D eigenvalue weighted by Gasteiger charge is 2.26. The lowest BCUT2D eigenvalue weighted by molar-refractivity contribution is -0.119. The third-order valence-electron chi connectivity index (χ3n) is 4.01. The predicted molar refractivity (Wildman–Crippen MR) is 82.2 cm³/mol. The molecule has 112 valence electrons. The number of primary amides is 1. The molecule has 2 N–H and O–H groups in total. The van der Waals surface area contributed by atoms with Gasteiger partial charge in [-0.2, -0.15) is 5.10 Å². The molecule has 1 aromatic heterocycles. The molecule has 0 unspecified atom stereocenters. The molecule has 1 saturated carbocycles. The smallest absolute Gasteiger partial charge is 0.231 e. The van der Waals surface area contributed by atoms with Gasteiger partial charge in [-0.1, -0.05) is 12.8 Å². The minimum absolute atomic E-state index is 0.257. The largest absolute Gasteiger partial charge is 0.369 e.